The first-order chi connectivity index (χ1) is 8.91. The Kier molecular flexibility index (Phi) is 3.80. The molecular weight excluding hydrogens is 259 g/mol. The van der Waals surface area contributed by atoms with Gasteiger partial charge in [-0.25, -0.2) is 0 Å². The monoisotopic (exact) mass is 273 g/mol. The van der Waals surface area contributed by atoms with E-state index in [1.165, 1.54) is 12.1 Å². The lowest BCUT2D eigenvalue weighted by Crippen LogP contribution is -2.25. The van der Waals surface area contributed by atoms with Crippen molar-refractivity contribution < 1.29 is 22.7 Å². The Morgan fingerprint density at radius 1 is 1.26 bits per heavy atom. The van der Waals surface area contributed by atoms with E-state index in [4.69, 9.17) is 10.5 Å². The van der Waals surface area contributed by atoms with Gasteiger partial charge in [0.05, 0.1) is 11.3 Å². The number of anilines is 1. The van der Waals surface area contributed by atoms with Crippen molar-refractivity contribution >= 4 is 11.5 Å². The van der Waals surface area contributed by atoms with Crippen LogP contribution >= 0.6 is 0 Å². The standard InChI is InChI=1S/C13H14F3NO2/c14-13(15,16)10-3-1-2-9(11(10)17)12(18)8-4-6-19-7-5-8/h1-3,8H,4-7,17H2. The van der Waals surface area contributed by atoms with Crippen LogP contribution in [0.3, 0.4) is 0 Å². The lowest BCUT2D eigenvalue weighted by atomic mass is 9.89. The fourth-order valence-corrected chi connectivity index (χ4v) is 2.21. The van der Waals surface area contributed by atoms with Gasteiger partial charge >= 0.3 is 6.18 Å². The fraction of sp³-hybridized carbons (Fsp3) is 0.462. The van der Waals surface area contributed by atoms with Gasteiger partial charge < -0.3 is 10.5 Å². The highest BCUT2D eigenvalue weighted by molar-refractivity contribution is 6.02. The number of alkyl halides is 3. The van der Waals surface area contributed by atoms with Crippen LogP contribution in [-0.2, 0) is 10.9 Å². The molecule has 0 amide bonds. The number of carbonyl (C=O) groups is 1. The fourth-order valence-electron chi connectivity index (χ4n) is 2.21. The van der Waals surface area contributed by atoms with Gasteiger partial charge in [-0.15, -0.1) is 0 Å². The molecule has 1 aliphatic heterocycles. The second kappa shape index (κ2) is 5.21. The number of benzene rings is 1. The number of nitrogen functional groups attached to an aromatic ring is 1. The van der Waals surface area contributed by atoms with Crippen molar-refractivity contribution in [2.75, 3.05) is 18.9 Å². The zero-order chi connectivity index (χ0) is 14.0. The van der Waals surface area contributed by atoms with Gasteiger partial charge in [0, 0.05) is 24.7 Å². The number of hydrogen-bond acceptors (Lipinski definition) is 3. The minimum Gasteiger partial charge on any atom is -0.398 e. The highest BCUT2D eigenvalue weighted by Crippen LogP contribution is 2.36. The highest BCUT2D eigenvalue weighted by atomic mass is 19.4. The molecule has 1 aromatic carbocycles. The summed E-state index contributed by atoms with van der Waals surface area (Å²) in [6, 6.07) is 3.45. The van der Waals surface area contributed by atoms with Crippen molar-refractivity contribution in [2.45, 2.75) is 19.0 Å². The minimum absolute atomic E-state index is 0.0401. The summed E-state index contributed by atoms with van der Waals surface area (Å²) in [5.41, 5.74) is 4.03. The summed E-state index contributed by atoms with van der Waals surface area (Å²) in [4.78, 5) is 12.2. The molecule has 1 fully saturated rings. The molecule has 1 saturated heterocycles. The second-order valence-electron chi connectivity index (χ2n) is 4.52. The molecule has 0 aliphatic carbocycles. The van der Waals surface area contributed by atoms with Gasteiger partial charge in [0.25, 0.3) is 0 Å². The minimum atomic E-state index is -4.55. The van der Waals surface area contributed by atoms with E-state index in [1.54, 1.807) is 0 Å². The molecule has 3 nitrogen and oxygen atoms in total. The van der Waals surface area contributed by atoms with Crippen LogP contribution in [0.4, 0.5) is 18.9 Å². The quantitative estimate of drug-likeness (QED) is 0.666. The number of Topliss-reactive ketones (excluding diaryl/α,β-unsaturated/α-hetero) is 1. The molecule has 0 radical (unpaired) electrons. The number of carbonyl (C=O) groups excluding carboxylic acids is 1. The van der Waals surface area contributed by atoms with Gasteiger partial charge in [-0.1, -0.05) is 6.07 Å². The van der Waals surface area contributed by atoms with Crippen LogP contribution < -0.4 is 5.73 Å². The van der Waals surface area contributed by atoms with Crippen molar-refractivity contribution in [1.82, 2.24) is 0 Å². The maximum atomic E-state index is 12.7. The second-order valence-corrected chi connectivity index (χ2v) is 4.52. The Balaban J connectivity index is 2.32. The Hall–Kier alpha value is -1.56. The van der Waals surface area contributed by atoms with E-state index in [2.05, 4.69) is 0 Å². The van der Waals surface area contributed by atoms with Gasteiger partial charge in [0.1, 0.15) is 0 Å². The Morgan fingerprint density at radius 2 is 1.89 bits per heavy atom. The summed E-state index contributed by atoms with van der Waals surface area (Å²) in [7, 11) is 0. The molecule has 0 atom stereocenters. The number of ketones is 1. The lowest BCUT2D eigenvalue weighted by molar-refractivity contribution is -0.136. The number of ether oxygens (including phenoxy) is 1. The molecule has 0 saturated carbocycles. The summed E-state index contributed by atoms with van der Waals surface area (Å²) in [6.45, 7) is 0.907. The molecule has 19 heavy (non-hydrogen) atoms. The predicted molar refractivity (Wildman–Crippen MR) is 63.7 cm³/mol. The van der Waals surface area contributed by atoms with Crippen LogP contribution in [0.5, 0.6) is 0 Å². The largest absolute Gasteiger partial charge is 0.418 e. The first-order valence-electron chi connectivity index (χ1n) is 5.99. The summed E-state index contributed by atoms with van der Waals surface area (Å²) in [5, 5.41) is 0. The number of rotatable bonds is 2. The molecule has 2 N–H and O–H groups in total. The van der Waals surface area contributed by atoms with Gasteiger partial charge in [0.2, 0.25) is 0 Å². The van der Waals surface area contributed by atoms with E-state index in [-0.39, 0.29) is 17.3 Å². The molecule has 0 bridgehead atoms. The van der Waals surface area contributed by atoms with Gasteiger partial charge in [-0.3, -0.25) is 4.79 Å². The van der Waals surface area contributed by atoms with Crippen molar-refractivity contribution in [3.63, 3.8) is 0 Å². The average molecular weight is 273 g/mol. The third-order valence-corrected chi connectivity index (χ3v) is 3.27. The van der Waals surface area contributed by atoms with Crippen LogP contribution in [0.1, 0.15) is 28.8 Å². The van der Waals surface area contributed by atoms with E-state index >= 15 is 0 Å². The van der Waals surface area contributed by atoms with Crippen LogP contribution in [0.25, 0.3) is 0 Å². The normalized spacial score (nSPS) is 17.4. The van der Waals surface area contributed by atoms with Crippen LogP contribution in [0.2, 0.25) is 0 Å². The average Bonchev–Trinajstić information content (AvgIpc) is 2.38. The maximum Gasteiger partial charge on any atom is 0.418 e. The number of hydrogen-bond donors (Lipinski definition) is 1. The van der Waals surface area contributed by atoms with E-state index in [0.717, 1.165) is 6.07 Å². The van der Waals surface area contributed by atoms with Crippen molar-refractivity contribution in [2.24, 2.45) is 5.92 Å². The molecule has 1 aromatic rings. The van der Waals surface area contributed by atoms with Crippen molar-refractivity contribution in [1.29, 1.82) is 0 Å². The highest BCUT2D eigenvalue weighted by Gasteiger charge is 2.35. The Morgan fingerprint density at radius 3 is 2.47 bits per heavy atom. The zero-order valence-corrected chi connectivity index (χ0v) is 10.2. The van der Waals surface area contributed by atoms with Crippen LogP contribution in [0, 0.1) is 5.92 Å². The molecule has 1 heterocycles. The first kappa shape index (κ1) is 13.9. The van der Waals surface area contributed by atoms with E-state index in [9.17, 15) is 18.0 Å². The molecule has 2 rings (SSSR count). The van der Waals surface area contributed by atoms with Crippen molar-refractivity contribution in [3.05, 3.63) is 29.3 Å². The SMILES string of the molecule is Nc1c(C(=O)C2CCOCC2)cccc1C(F)(F)F. The first-order valence-corrected chi connectivity index (χ1v) is 5.99. The lowest BCUT2D eigenvalue weighted by Gasteiger charge is -2.22. The predicted octanol–water partition coefficient (Wildman–Crippen LogP) is 2.90. The number of halogens is 3. The Labute approximate surface area is 108 Å². The molecular formula is C13H14F3NO2. The number of para-hydroxylation sites is 1. The molecule has 0 aromatic heterocycles. The maximum absolute atomic E-state index is 12.7. The van der Waals surface area contributed by atoms with Gasteiger partial charge in [-0.05, 0) is 25.0 Å². The Bertz CT molecular complexity index is 479. The molecule has 104 valence electrons. The van der Waals surface area contributed by atoms with E-state index in [0.29, 0.717) is 26.1 Å². The summed E-state index contributed by atoms with van der Waals surface area (Å²) >= 11 is 0. The smallest absolute Gasteiger partial charge is 0.398 e. The zero-order valence-electron chi connectivity index (χ0n) is 10.2. The number of nitrogens with two attached hydrogens (primary N) is 1. The summed E-state index contributed by atoms with van der Waals surface area (Å²) in [5.74, 6) is -0.633. The molecule has 0 spiro atoms. The topological polar surface area (TPSA) is 52.3 Å². The third-order valence-electron chi connectivity index (χ3n) is 3.27. The third kappa shape index (κ3) is 2.89. The van der Waals surface area contributed by atoms with Crippen LogP contribution in [0.15, 0.2) is 18.2 Å². The molecule has 1 aliphatic rings. The van der Waals surface area contributed by atoms with Gasteiger partial charge in [0.15, 0.2) is 5.78 Å². The molecule has 6 heteroatoms. The van der Waals surface area contributed by atoms with Gasteiger partial charge in [-0.2, -0.15) is 13.2 Å². The van der Waals surface area contributed by atoms with E-state index in [1.807, 2.05) is 0 Å². The summed E-state index contributed by atoms with van der Waals surface area (Å²) in [6.07, 6.45) is -3.50. The van der Waals surface area contributed by atoms with Crippen molar-refractivity contribution in [3.8, 4) is 0 Å². The van der Waals surface area contributed by atoms with E-state index < -0.39 is 17.4 Å². The molecule has 0 unspecified atom stereocenters. The van der Waals surface area contributed by atoms with Crippen LogP contribution in [-0.4, -0.2) is 19.0 Å². The summed E-state index contributed by atoms with van der Waals surface area (Å²) < 4.78 is 43.3.